The quantitative estimate of drug-likeness (QED) is 0.670. The molecule has 0 bridgehead atoms. The molecule has 0 spiro atoms. The van der Waals surface area contributed by atoms with Crippen LogP contribution in [0.1, 0.15) is 17.2 Å². The highest BCUT2D eigenvalue weighted by atomic mass is 35.5. The molecule has 3 aromatic rings. The second-order valence-electron chi connectivity index (χ2n) is 4.54. The Hall–Kier alpha value is -1.06. The highest BCUT2D eigenvalue weighted by molar-refractivity contribution is 7.17. The van der Waals surface area contributed by atoms with Gasteiger partial charge in [0.2, 0.25) is 0 Å². The number of fused-ring (bicyclic) bond motifs is 1. The zero-order valence-corrected chi connectivity index (χ0v) is 13.2. The zero-order chi connectivity index (χ0) is 14.1. The van der Waals surface area contributed by atoms with Crippen LogP contribution in [-0.4, -0.2) is 7.05 Å². The van der Waals surface area contributed by atoms with Gasteiger partial charge in [0, 0.05) is 20.3 Å². The average molecular weight is 322 g/mol. The molecule has 0 aliphatic heterocycles. The summed E-state index contributed by atoms with van der Waals surface area (Å²) in [4.78, 5) is 0. The Morgan fingerprint density at radius 1 is 1.00 bits per heavy atom. The highest BCUT2D eigenvalue weighted by Crippen LogP contribution is 2.37. The Bertz CT molecular complexity index is 731. The van der Waals surface area contributed by atoms with Gasteiger partial charge in [-0.05, 0) is 41.6 Å². The summed E-state index contributed by atoms with van der Waals surface area (Å²) < 4.78 is 1.27. The van der Waals surface area contributed by atoms with Crippen molar-refractivity contribution in [3.63, 3.8) is 0 Å². The van der Waals surface area contributed by atoms with Crippen molar-refractivity contribution in [2.75, 3.05) is 7.05 Å². The Morgan fingerprint density at radius 2 is 1.70 bits per heavy atom. The minimum Gasteiger partial charge on any atom is -0.309 e. The maximum atomic E-state index is 6.36. The molecule has 20 heavy (non-hydrogen) atoms. The maximum absolute atomic E-state index is 6.36. The Morgan fingerprint density at radius 3 is 2.40 bits per heavy atom. The molecular weight excluding hydrogens is 309 g/mol. The number of rotatable bonds is 3. The van der Waals surface area contributed by atoms with Crippen LogP contribution < -0.4 is 5.32 Å². The third-order valence-corrected chi connectivity index (χ3v) is 5.04. The summed E-state index contributed by atoms with van der Waals surface area (Å²) in [6, 6.07) is 14.1. The van der Waals surface area contributed by atoms with Crippen molar-refractivity contribution < 1.29 is 0 Å². The summed E-state index contributed by atoms with van der Waals surface area (Å²) in [5.74, 6) is 0. The molecule has 0 aliphatic carbocycles. The van der Waals surface area contributed by atoms with Crippen molar-refractivity contribution in [3.05, 3.63) is 69.0 Å². The van der Waals surface area contributed by atoms with Crippen LogP contribution in [-0.2, 0) is 0 Å². The molecule has 1 heterocycles. The summed E-state index contributed by atoms with van der Waals surface area (Å²) in [5.41, 5.74) is 2.13. The van der Waals surface area contributed by atoms with E-state index in [-0.39, 0.29) is 6.04 Å². The Labute approximate surface area is 132 Å². The van der Waals surface area contributed by atoms with Crippen LogP contribution in [0.15, 0.2) is 47.8 Å². The van der Waals surface area contributed by atoms with Gasteiger partial charge in [-0.25, -0.2) is 0 Å². The molecule has 0 fully saturated rings. The Balaban J connectivity index is 2.22. The van der Waals surface area contributed by atoms with Gasteiger partial charge in [0.05, 0.1) is 6.04 Å². The summed E-state index contributed by atoms with van der Waals surface area (Å²) in [6.07, 6.45) is 0. The van der Waals surface area contributed by atoms with Crippen LogP contribution in [0.2, 0.25) is 10.0 Å². The lowest BCUT2D eigenvalue weighted by molar-refractivity contribution is 0.698. The first-order valence-corrected chi connectivity index (χ1v) is 7.93. The largest absolute Gasteiger partial charge is 0.309 e. The minimum atomic E-state index is -0.0152. The number of thiophene rings is 1. The monoisotopic (exact) mass is 321 g/mol. The lowest BCUT2D eigenvalue weighted by Crippen LogP contribution is -2.18. The van der Waals surface area contributed by atoms with Gasteiger partial charge in [0.15, 0.2) is 0 Å². The van der Waals surface area contributed by atoms with E-state index >= 15 is 0 Å². The van der Waals surface area contributed by atoms with Crippen LogP contribution in [0, 0.1) is 0 Å². The molecule has 3 rings (SSSR count). The van der Waals surface area contributed by atoms with E-state index in [1.165, 1.54) is 15.6 Å². The van der Waals surface area contributed by atoms with E-state index in [1.807, 2.05) is 25.2 Å². The molecule has 0 radical (unpaired) electrons. The predicted molar refractivity (Wildman–Crippen MR) is 89.2 cm³/mol. The standard InChI is InChI=1S/C16H13Cl2NS/c1-19-15(14-12(17)6-3-7-13(14)18)11-5-2-4-10-8-9-20-16(10)11/h2-9,15,19H,1H3. The van der Waals surface area contributed by atoms with Crippen LogP contribution in [0.3, 0.4) is 0 Å². The van der Waals surface area contributed by atoms with Crippen molar-refractivity contribution in [1.82, 2.24) is 5.32 Å². The third-order valence-electron chi connectivity index (χ3n) is 3.40. The lowest BCUT2D eigenvalue weighted by Gasteiger charge is -2.20. The van der Waals surface area contributed by atoms with E-state index in [4.69, 9.17) is 23.2 Å². The molecule has 0 saturated heterocycles. The summed E-state index contributed by atoms with van der Waals surface area (Å²) in [5, 5.41) is 8.06. The number of hydrogen-bond acceptors (Lipinski definition) is 2. The van der Waals surface area contributed by atoms with Gasteiger partial charge >= 0.3 is 0 Å². The van der Waals surface area contributed by atoms with E-state index in [0.717, 1.165) is 5.56 Å². The maximum Gasteiger partial charge on any atom is 0.0618 e. The third kappa shape index (κ3) is 2.33. The van der Waals surface area contributed by atoms with E-state index in [1.54, 1.807) is 11.3 Å². The fourth-order valence-electron chi connectivity index (χ4n) is 2.49. The topological polar surface area (TPSA) is 12.0 Å². The second-order valence-corrected chi connectivity index (χ2v) is 6.27. The van der Waals surface area contributed by atoms with Gasteiger partial charge < -0.3 is 5.32 Å². The molecule has 0 aliphatic rings. The van der Waals surface area contributed by atoms with Gasteiger partial charge in [-0.1, -0.05) is 47.5 Å². The number of hydrogen-bond donors (Lipinski definition) is 1. The van der Waals surface area contributed by atoms with Gasteiger partial charge in [0.1, 0.15) is 0 Å². The first kappa shape index (κ1) is 13.9. The number of halogens is 2. The normalized spacial score (nSPS) is 12.8. The van der Waals surface area contributed by atoms with Crippen LogP contribution >= 0.6 is 34.5 Å². The molecule has 102 valence electrons. The summed E-state index contributed by atoms with van der Waals surface area (Å²) in [7, 11) is 1.93. The van der Waals surface area contributed by atoms with Crippen molar-refractivity contribution in [2.45, 2.75) is 6.04 Å². The smallest absolute Gasteiger partial charge is 0.0618 e. The Kier molecular flexibility index (Phi) is 3.99. The van der Waals surface area contributed by atoms with E-state index in [9.17, 15) is 0 Å². The lowest BCUT2D eigenvalue weighted by atomic mass is 9.97. The molecule has 1 N–H and O–H groups in total. The van der Waals surface area contributed by atoms with Gasteiger partial charge in [0.25, 0.3) is 0 Å². The highest BCUT2D eigenvalue weighted by Gasteiger charge is 2.20. The van der Waals surface area contributed by atoms with Gasteiger partial charge in [-0.2, -0.15) is 0 Å². The number of nitrogens with one attached hydrogen (secondary N) is 1. The van der Waals surface area contributed by atoms with E-state index < -0.39 is 0 Å². The van der Waals surface area contributed by atoms with Crippen molar-refractivity contribution in [3.8, 4) is 0 Å². The molecule has 1 nitrogen and oxygen atoms in total. The first-order chi connectivity index (χ1) is 9.72. The molecule has 2 aromatic carbocycles. The van der Waals surface area contributed by atoms with Gasteiger partial charge in [-0.3, -0.25) is 0 Å². The fraction of sp³-hybridized carbons (Fsp3) is 0.125. The molecule has 0 saturated carbocycles. The number of benzene rings is 2. The van der Waals surface area contributed by atoms with Crippen molar-refractivity contribution in [2.24, 2.45) is 0 Å². The van der Waals surface area contributed by atoms with Crippen molar-refractivity contribution in [1.29, 1.82) is 0 Å². The van der Waals surface area contributed by atoms with Crippen molar-refractivity contribution >= 4 is 44.6 Å². The second kappa shape index (κ2) is 5.74. The molecule has 1 unspecified atom stereocenters. The molecule has 0 amide bonds. The van der Waals surface area contributed by atoms with E-state index in [2.05, 4.69) is 35.0 Å². The van der Waals surface area contributed by atoms with E-state index in [0.29, 0.717) is 10.0 Å². The first-order valence-electron chi connectivity index (χ1n) is 6.29. The van der Waals surface area contributed by atoms with Crippen LogP contribution in [0.5, 0.6) is 0 Å². The zero-order valence-electron chi connectivity index (χ0n) is 10.9. The predicted octanol–water partition coefficient (Wildman–Crippen LogP) is 5.52. The van der Waals surface area contributed by atoms with Crippen LogP contribution in [0.25, 0.3) is 10.1 Å². The fourth-order valence-corrected chi connectivity index (χ4v) is 4.05. The summed E-state index contributed by atoms with van der Waals surface area (Å²) in [6.45, 7) is 0. The molecule has 4 heteroatoms. The molecular formula is C16H13Cl2NS. The molecule has 1 aromatic heterocycles. The van der Waals surface area contributed by atoms with Gasteiger partial charge in [-0.15, -0.1) is 11.3 Å². The minimum absolute atomic E-state index is 0.0152. The van der Waals surface area contributed by atoms with Crippen LogP contribution in [0.4, 0.5) is 0 Å². The summed E-state index contributed by atoms with van der Waals surface area (Å²) >= 11 is 14.5. The average Bonchev–Trinajstić information content (AvgIpc) is 2.91. The SMILES string of the molecule is CNC(c1c(Cl)cccc1Cl)c1cccc2ccsc12. The molecule has 1 atom stereocenters.